The molecule has 126 valence electrons. The first kappa shape index (κ1) is 16.4. The smallest absolute Gasteiger partial charge is 0.393 e. The lowest BCUT2D eigenvalue weighted by molar-refractivity contribution is -0.171. The molecule has 2 aromatic carbocycles. The van der Waals surface area contributed by atoms with Crippen LogP contribution in [0.2, 0.25) is 0 Å². The van der Waals surface area contributed by atoms with E-state index >= 15 is 0 Å². The number of fused-ring (bicyclic) bond motifs is 1. The predicted molar refractivity (Wildman–Crippen MR) is 84.7 cm³/mol. The van der Waals surface area contributed by atoms with Gasteiger partial charge in [0.1, 0.15) is 11.4 Å². The van der Waals surface area contributed by atoms with Gasteiger partial charge >= 0.3 is 6.18 Å². The number of hydrogen-bond acceptors (Lipinski definition) is 3. The van der Waals surface area contributed by atoms with Gasteiger partial charge in [0.15, 0.2) is 0 Å². The maximum absolute atomic E-state index is 13.1. The highest BCUT2D eigenvalue weighted by Gasteiger charge is 2.45. The Morgan fingerprint density at radius 1 is 1.08 bits per heavy atom. The van der Waals surface area contributed by atoms with Crippen molar-refractivity contribution in [3.63, 3.8) is 0 Å². The van der Waals surface area contributed by atoms with Gasteiger partial charge in [-0.05, 0) is 37.3 Å². The molecule has 1 heterocycles. The number of benzene rings is 2. The zero-order valence-electron chi connectivity index (χ0n) is 13.2. The number of alkyl halides is 3. The summed E-state index contributed by atoms with van der Waals surface area (Å²) in [6, 6.07) is 13.6. The number of halogens is 3. The van der Waals surface area contributed by atoms with E-state index < -0.39 is 18.2 Å². The van der Waals surface area contributed by atoms with Crippen LogP contribution in [0, 0.1) is 0 Å². The summed E-state index contributed by atoms with van der Waals surface area (Å²) in [4.78, 5) is 4.38. The van der Waals surface area contributed by atoms with E-state index in [-0.39, 0.29) is 5.90 Å². The summed E-state index contributed by atoms with van der Waals surface area (Å²) < 4.78 is 50.0. The molecule has 2 aromatic rings. The lowest BCUT2D eigenvalue weighted by Gasteiger charge is -2.36. The number of methoxy groups -OCH3 is 1. The molecule has 0 amide bonds. The Hall–Kier alpha value is -2.50. The first-order valence-corrected chi connectivity index (χ1v) is 7.39. The summed E-state index contributed by atoms with van der Waals surface area (Å²) in [5, 5.41) is 0. The number of para-hydroxylation sites is 1. The van der Waals surface area contributed by atoms with Crippen molar-refractivity contribution in [1.29, 1.82) is 0 Å². The highest BCUT2D eigenvalue weighted by molar-refractivity contribution is 5.97. The van der Waals surface area contributed by atoms with Crippen molar-refractivity contribution in [3.05, 3.63) is 59.7 Å². The fourth-order valence-corrected chi connectivity index (χ4v) is 2.79. The van der Waals surface area contributed by atoms with Crippen LogP contribution in [0.4, 0.5) is 18.9 Å². The quantitative estimate of drug-likeness (QED) is 0.793. The first-order chi connectivity index (χ1) is 11.3. The minimum absolute atomic E-state index is 0.170. The fourth-order valence-electron chi connectivity index (χ4n) is 2.79. The maximum Gasteiger partial charge on any atom is 0.393 e. The Balaban J connectivity index is 2.05. The zero-order valence-corrected chi connectivity index (χ0v) is 13.2. The van der Waals surface area contributed by atoms with Crippen LogP contribution >= 0.6 is 0 Å². The minimum Gasteiger partial charge on any atom is -0.497 e. The molecule has 1 atom stereocenters. The molecular weight excluding hydrogens is 319 g/mol. The summed E-state index contributed by atoms with van der Waals surface area (Å²) in [5.74, 6) is 0.816. The van der Waals surface area contributed by atoms with Gasteiger partial charge in [-0.1, -0.05) is 18.2 Å². The van der Waals surface area contributed by atoms with Crippen molar-refractivity contribution in [3.8, 4) is 5.75 Å². The first-order valence-electron chi connectivity index (χ1n) is 7.39. The summed E-state index contributed by atoms with van der Waals surface area (Å²) in [6.45, 7) is 1.44. The Morgan fingerprint density at radius 2 is 1.75 bits per heavy atom. The molecule has 1 unspecified atom stereocenters. The third kappa shape index (κ3) is 3.22. The molecule has 0 saturated carbocycles. The van der Waals surface area contributed by atoms with Gasteiger partial charge < -0.3 is 9.47 Å². The van der Waals surface area contributed by atoms with Crippen LogP contribution in [0.3, 0.4) is 0 Å². The van der Waals surface area contributed by atoms with Crippen molar-refractivity contribution in [1.82, 2.24) is 0 Å². The molecule has 1 aliphatic rings. The van der Waals surface area contributed by atoms with Crippen molar-refractivity contribution < 1.29 is 22.6 Å². The van der Waals surface area contributed by atoms with Gasteiger partial charge in [-0.15, -0.1) is 0 Å². The van der Waals surface area contributed by atoms with E-state index in [1.165, 1.54) is 6.92 Å². The van der Waals surface area contributed by atoms with E-state index in [2.05, 4.69) is 4.99 Å². The molecule has 0 saturated heterocycles. The number of nitrogens with zero attached hydrogens (tertiary/aromatic N) is 1. The molecule has 0 radical (unpaired) electrons. The Kier molecular flexibility index (Phi) is 3.99. The molecule has 0 aromatic heterocycles. The molecule has 0 spiro atoms. The topological polar surface area (TPSA) is 30.8 Å². The second kappa shape index (κ2) is 5.85. The molecule has 0 aliphatic carbocycles. The average molecular weight is 335 g/mol. The Labute approximate surface area is 137 Å². The van der Waals surface area contributed by atoms with Crippen LogP contribution in [0.1, 0.15) is 24.5 Å². The predicted octanol–water partition coefficient (Wildman–Crippen LogP) is 4.97. The summed E-state index contributed by atoms with van der Waals surface area (Å²) >= 11 is 0. The molecule has 24 heavy (non-hydrogen) atoms. The number of rotatable bonds is 3. The van der Waals surface area contributed by atoms with E-state index in [0.717, 1.165) is 0 Å². The van der Waals surface area contributed by atoms with Gasteiger partial charge in [-0.25, -0.2) is 4.99 Å². The van der Waals surface area contributed by atoms with E-state index in [4.69, 9.17) is 9.47 Å². The van der Waals surface area contributed by atoms with Gasteiger partial charge in [-0.3, -0.25) is 0 Å². The summed E-state index contributed by atoms with van der Waals surface area (Å²) in [5.41, 5.74) is -0.00844. The molecule has 0 N–H and O–H groups in total. The second-order valence-corrected chi connectivity index (χ2v) is 5.79. The number of aliphatic imine (C=N–C) groups is 1. The number of ether oxygens (including phenoxy) is 2. The summed E-state index contributed by atoms with van der Waals surface area (Å²) in [6.07, 6.45) is -5.45. The molecule has 0 fully saturated rings. The molecule has 3 nitrogen and oxygen atoms in total. The average Bonchev–Trinajstić information content (AvgIpc) is 2.53. The van der Waals surface area contributed by atoms with E-state index in [1.807, 2.05) is 0 Å². The van der Waals surface area contributed by atoms with Gasteiger partial charge in [0.05, 0.1) is 19.2 Å². The molecular formula is C18H16F3NO2. The molecule has 0 bridgehead atoms. The molecule has 6 heteroatoms. The maximum atomic E-state index is 13.1. The van der Waals surface area contributed by atoms with Crippen molar-refractivity contribution >= 4 is 11.6 Å². The third-order valence-electron chi connectivity index (χ3n) is 3.89. The van der Waals surface area contributed by atoms with E-state index in [9.17, 15) is 13.2 Å². The van der Waals surface area contributed by atoms with E-state index in [0.29, 0.717) is 22.6 Å². The van der Waals surface area contributed by atoms with Gasteiger partial charge in [0.2, 0.25) is 5.90 Å². The number of hydrogen-bond donors (Lipinski definition) is 0. The van der Waals surface area contributed by atoms with Gasteiger partial charge in [0.25, 0.3) is 0 Å². The van der Waals surface area contributed by atoms with Crippen LogP contribution in [0.5, 0.6) is 5.75 Å². The minimum atomic E-state index is -4.36. The highest BCUT2D eigenvalue weighted by Crippen LogP contribution is 2.44. The summed E-state index contributed by atoms with van der Waals surface area (Å²) in [7, 11) is 1.54. The zero-order chi connectivity index (χ0) is 17.4. The van der Waals surface area contributed by atoms with Gasteiger partial charge in [0, 0.05) is 11.1 Å². The normalized spacial score (nSPS) is 20.0. The Morgan fingerprint density at radius 3 is 2.38 bits per heavy atom. The lowest BCUT2D eigenvalue weighted by atomic mass is 9.89. The highest BCUT2D eigenvalue weighted by atomic mass is 19.4. The van der Waals surface area contributed by atoms with Crippen molar-refractivity contribution in [2.75, 3.05) is 7.11 Å². The van der Waals surface area contributed by atoms with Crippen LogP contribution < -0.4 is 4.74 Å². The monoisotopic (exact) mass is 335 g/mol. The van der Waals surface area contributed by atoms with E-state index in [1.54, 1.807) is 55.6 Å². The second-order valence-electron chi connectivity index (χ2n) is 5.79. The van der Waals surface area contributed by atoms with Crippen LogP contribution in [-0.2, 0) is 10.3 Å². The van der Waals surface area contributed by atoms with Crippen LogP contribution in [0.15, 0.2) is 53.5 Å². The Bertz CT molecular complexity index is 769. The van der Waals surface area contributed by atoms with Crippen molar-refractivity contribution in [2.45, 2.75) is 25.1 Å². The SMILES string of the molecule is COc1ccc(C2=Nc3ccccc3C(C)(CC(F)(F)F)O2)cc1. The lowest BCUT2D eigenvalue weighted by Crippen LogP contribution is -2.36. The molecule has 3 rings (SSSR count). The third-order valence-corrected chi connectivity index (χ3v) is 3.89. The fraction of sp³-hybridized carbons (Fsp3) is 0.278. The van der Waals surface area contributed by atoms with Gasteiger partial charge in [-0.2, -0.15) is 13.2 Å². The molecule has 1 aliphatic heterocycles. The van der Waals surface area contributed by atoms with Crippen LogP contribution in [0.25, 0.3) is 0 Å². The van der Waals surface area contributed by atoms with Crippen LogP contribution in [-0.4, -0.2) is 19.2 Å². The largest absolute Gasteiger partial charge is 0.497 e. The van der Waals surface area contributed by atoms with Crippen molar-refractivity contribution in [2.24, 2.45) is 4.99 Å². The standard InChI is InChI=1S/C18H16F3NO2/c1-17(11-18(19,20)21)14-5-3-4-6-15(14)22-16(24-17)12-7-9-13(23-2)10-8-12/h3-10H,11H2,1-2H3.